The highest BCUT2D eigenvalue weighted by molar-refractivity contribution is 6.30. The molecule has 0 aliphatic carbocycles. The maximum atomic E-state index is 8.72. The summed E-state index contributed by atoms with van der Waals surface area (Å²) in [5.74, 6) is 0.805. The van der Waals surface area contributed by atoms with Crippen molar-refractivity contribution < 1.29 is 0 Å². The van der Waals surface area contributed by atoms with E-state index in [1.165, 1.54) is 0 Å². The van der Waals surface area contributed by atoms with Gasteiger partial charge in [0.15, 0.2) is 0 Å². The second-order valence-electron chi connectivity index (χ2n) is 3.55. The van der Waals surface area contributed by atoms with E-state index >= 15 is 0 Å². The van der Waals surface area contributed by atoms with Crippen molar-refractivity contribution in [3.8, 4) is 6.07 Å². The third kappa shape index (κ3) is 2.55. The Hall–Kier alpha value is -2.05. The van der Waals surface area contributed by atoms with Gasteiger partial charge in [-0.05, 0) is 36.4 Å². The molecule has 0 spiro atoms. The topological polar surface area (TPSA) is 39.9 Å². The molecular formula is C13H10ClN3. The standard InChI is InChI=1S/C13H10ClN3/c1-17(13-7-4-11(14)9-16-13)12-5-2-10(8-15)3-6-12/h2-7,9H,1H3. The normalized spacial score (nSPS) is 9.71. The molecular weight excluding hydrogens is 234 g/mol. The first-order valence-corrected chi connectivity index (χ1v) is 5.44. The van der Waals surface area contributed by atoms with Crippen LogP contribution in [0.2, 0.25) is 5.02 Å². The number of nitrogens with zero attached hydrogens (tertiary/aromatic N) is 3. The van der Waals surface area contributed by atoms with Crippen LogP contribution >= 0.6 is 11.6 Å². The zero-order valence-corrected chi connectivity index (χ0v) is 10.0. The summed E-state index contributed by atoms with van der Waals surface area (Å²) in [5.41, 5.74) is 1.62. The number of benzene rings is 1. The van der Waals surface area contributed by atoms with E-state index in [1.54, 1.807) is 24.4 Å². The quantitative estimate of drug-likeness (QED) is 0.812. The van der Waals surface area contributed by atoms with Gasteiger partial charge < -0.3 is 4.90 Å². The van der Waals surface area contributed by atoms with Crippen LogP contribution in [0.1, 0.15) is 5.56 Å². The van der Waals surface area contributed by atoms with Crippen LogP contribution in [0.4, 0.5) is 11.5 Å². The van der Waals surface area contributed by atoms with Gasteiger partial charge >= 0.3 is 0 Å². The lowest BCUT2D eigenvalue weighted by Gasteiger charge is -2.18. The van der Waals surface area contributed by atoms with Crippen molar-refractivity contribution in [3.05, 3.63) is 53.2 Å². The molecule has 17 heavy (non-hydrogen) atoms. The Morgan fingerprint density at radius 1 is 1.18 bits per heavy atom. The summed E-state index contributed by atoms with van der Waals surface area (Å²) in [6.45, 7) is 0. The molecule has 0 aliphatic rings. The van der Waals surface area contributed by atoms with Crippen LogP contribution in [-0.2, 0) is 0 Å². The minimum Gasteiger partial charge on any atom is -0.329 e. The summed E-state index contributed by atoms with van der Waals surface area (Å²) < 4.78 is 0. The van der Waals surface area contributed by atoms with E-state index < -0.39 is 0 Å². The van der Waals surface area contributed by atoms with Gasteiger partial charge in [0.2, 0.25) is 0 Å². The van der Waals surface area contributed by atoms with Gasteiger partial charge in [0.05, 0.1) is 16.7 Å². The third-order valence-corrected chi connectivity index (χ3v) is 2.66. The maximum absolute atomic E-state index is 8.72. The summed E-state index contributed by atoms with van der Waals surface area (Å²) in [4.78, 5) is 6.15. The van der Waals surface area contributed by atoms with E-state index in [0.717, 1.165) is 11.5 Å². The number of pyridine rings is 1. The van der Waals surface area contributed by atoms with E-state index in [0.29, 0.717) is 10.6 Å². The summed E-state index contributed by atoms with van der Waals surface area (Å²) in [6.07, 6.45) is 1.61. The Kier molecular flexibility index (Phi) is 3.27. The fourth-order valence-corrected chi connectivity index (χ4v) is 1.57. The largest absolute Gasteiger partial charge is 0.329 e. The van der Waals surface area contributed by atoms with Gasteiger partial charge in [-0.3, -0.25) is 0 Å². The van der Waals surface area contributed by atoms with Crippen LogP contribution in [0, 0.1) is 11.3 Å². The van der Waals surface area contributed by atoms with Gasteiger partial charge in [-0.25, -0.2) is 4.98 Å². The highest BCUT2D eigenvalue weighted by Gasteiger charge is 2.04. The van der Waals surface area contributed by atoms with E-state index in [2.05, 4.69) is 11.1 Å². The van der Waals surface area contributed by atoms with Crippen LogP contribution in [0.25, 0.3) is 0 Å². The van der Waals surface area contributed by atoms with Gasteiger partial charge in [0.25, 0.3) is 0 Å². The average Bonchev–Trinajstić information content (AvgIpc) is 2.39. The Morgan fingerprint density at radius 2 is 1.88 bits per heavy atom. The zero-order valence-electron chi connectivity index (χ0n) is 9.26. The second kappa shape index (κ2) is 4.86. The maximum Gasteiger partial charge on any atom is 0.132 e. The Bertz CT molecular complexity index is 540. The van der Waals surface area contributed by atoms with Crippen LogP contribution in [0.15, 0.2) is 42.6 Å². The fraction of sp³-hybridized carbons (Fsp3) is 0.0769. The lowest BCUT2D eigenvalue weighted by atomic mass is 10.2. The lowest BCUT2D eigenvalue weighted by Crippen LogP contribution is -2.10. The van der Waals surface area contributed by atoms with Gasteiger partial charge in [0.1, 0.15) is 5.82 Å². The number of halogens is 1. The van der Waals surface area contributed by atoms with Crippen molar-refractivity contribution in [2.75, 3.05) is 11.9 Å². The summed E-state index contributed by atoms with van der Waals surface area (Å²) in [5, 5.41) is 9.34. The molecule has 0 unspecified atom stereocenters. The fourth-order valence-electron chi connectivity index (χ4n) is 1.46. The number of hydrogen-bond donors (Lipinski definition) is 0. The number of hydrogen-bond acceptors (Lipinski definition) is 3. The zero-order chi connectivity index (χ0) is 12.3. The molecule has 0 aliphatic heterocycles. The molecule has 4 heteroatoms. The third-order valence-electron chi connectivity index (χ3n) is 2.44. The molecule has 0 bridgehead atoms. The molecule has 2 rings (SSSR count). The predicted molar refractivity (Wildman–Crippen MR) is 68.5 cm³/mol. The van der Waals surface area contributed by atoms with Crippen LogP contribution in [-0.4, -0.2) is 12.0 Å². The molecule has 0 fully saturated rings. The molecule has 1 aromatic carbocycles. The number of anilines is 2. The van der Waals surface area contributed by atoms with Crippen LogP contribution in [0.5, 0.6) is 0 Å². The first-order chi connectivity index (χ1) is 8.20. The van der Waals surface area contributed by atoms with E-state index in [1.807, 2.05) is 30.1 Å². The summed E-state index contributed by atoms with van der Waals surface area (Å²) in [7, 11) is 1.91. The Balaban J connectivity index is 2.27. The van der Waals surface area contributed by atoms with Crippen molar-refractivity contribution in [3.63, 3.8) is 0 Å². The van der Waals surface area contributed by atoms with Crippen molar-refractivity contribution >= 4 is 23.1 Å². The van der Waals surface area contributed by atoms with Crippen molar-refractivity contribution in [2.45, 2.75) is 0 Å². The minimum atomic E-state index is 0.613. The summed E-state index contributed by atoms with van der Waals surface area (Å²) >= 11 is 5.78. The van der Waals surface area contributed by atoms with Crippen molar-refractivity contribution in [1.82, 2.24) is 4.98 Å². The molecule has 0 atom stereocenters. The summed E-state index contributed by atoms with van der Waals surface area (Å²) in [6, 6.07) is 13.1. The van der Waals surface area contributed by atoms with Crippen LogP contribution < -0.4 is 4.90 Å². The van der Waals surface area contributed by atoms with Gasteiger partial charge in [0, 0.05) is 18.9 Å². The van der Waals surface area contributed by atoms with E-state index in [4.69, 9.17) is 16.9 Å². The Labute approximate surface area is 105 Å². The molecule has 84 valence electrons. The van der Waals surface area contributed by atoms with Gasteiger partial charge in [-0.15, -0.1) is 0 Å². The highest BCUT2D eigenvalue weighted by atomic mass is 35.5. The first kappa shape index (κ1) is 11.4. The number of rotatable bonds is 2. The van der Waals surface area contributed by atoms with Gasteiger partial charge in [-0.2, -0.15) is 5.26 Å². The first-order valence-electron chi connectivity index (χ1n) is 5.06. The monoisotopic (exact) mass is 243 g/mol. The van der Waals surface area contributed by atoms with Gasteiger partial charge in [-0.1, -0.05) is 11.6 Å². The SMILES string of the molecule is CN(c1ccc(C#N)cc1)c1ccc(Cl)cn1. The Morgan fingerprint density at radius 3 is 2.41 bits per heavy atom. The predicted octanol–water partition coefficient (Wildman–Crippen LogP) is 3.37. The number of aromatic nitrogens is 1. The molecule has 0 radical (unpaired) electrons. The second-order valence-corrected chi connectivity index (χ2v) is 3.99. The average molecular weight is 244 g/mol. The van der Waals surface area contributed by atoms with Crippen molar-refractivity contribution in [2.24, 2.45) is 0 Å². The lowest BCUT2D eigenvalue weighted by molar-refractivity contribution is 1.13. The molecule has 1 aromatic heterocycles. The molecule has 3 nitrogen and oxygen atoms in total. The molecule has 0 N–H and O–H groups in total. The van der Waals surface area contributed by atoms with E-state index in [9.17, 15) is 0 Å². The molecule has 0 amide bonds. The smallest absolute Gasteiger partial charge is 0.132 e. The molecule has 2 aromatic rings. The number of nitriles is 1. The van der Waals surface area contributed by atoms with Crippen molar-refractivity contribution in [1.29, 1.82) is 5.26 Å². The molecule has 0 saturated carbocycles. The minimum absolute atomic E-state index is 0.613. The molecule has 0 saturated heterocycles. The van der Waals surface area contributed by atoms with Crippen LogP contribution in [0.3, 0.4) is 0 Å². The highest BCUT2D eigenvalue weighted by Crippen LogP contribution is 2.22. The molecule has 1 heterocycles. The van der Waals surface area contributed by atoms with E-state index in [-0.39, 0.29) is 0 Å².